The first-order valence-electron chi connectivity index (χ1n) is 9.61. The van der Waals surface area contributed by atoms with Crippen LogP contribution < -0.4 is 10.1 Å². The number of halogens is 1. The van der Waals surface area contributed by atoms with Crippen LogP contribution in [0.25, 0.3) is 0 Å². The van der Waals surface area contributed by atoms with Gasteiger partial charge in [-0.25, -0.2) is 8.42 Å². The zero-order chi connectivity index (χ0) is 21.7. The highest BCUT2D eigenvalue weighted by atomic mass is 35.5. The van der Waals surface area contributed by atoms with Crippen LogP contribution in [0.4, 0.5) is 5.69 Å². The van der Waals surface area contributed by atoms with Gasteiger partial charge in [0.05, 0.1) is 10.5 Å². The maximum atomic E-state index is 12.8. The van der Waals surface area contributed by atoms with Crippen molar-refractivity contribution < 1.29 is 22.7 Å². The number of ether oxygens (including phenoxy) is 1. The molecule has 2 aromatic carbocycles. The zero-order valence-corrected chi connectivity index (χ0v) is 18.1. The first-order chi connectivity index (χ1) is 14.3. The average molecular weight is 451 g/mol. The summed E-state index contributed by atoms with van der Waals surface area (Å²) in [5, 5.41) is 3.02. The lowest BCUT2D eigenvalue weighted by molar-refractivity contribution is -0.118. The molecule has 1 N–H and O–H groups in total. The van der Waals surface area contributed by atoms with Crippen molar-refractivity contribution in [1.82, 2.24) is 4.31 Å². The van der Waals surface area contributed by atoms with Crippen LogP contribution in [-0.4, -0.2) is 44.1 Å². The molecule has 0 bridgehead atoms. The van der Waals surface area contributed by atoms with E-state index in [9.17, 15) is 18.0 Å². The van der Waals surface area contributed by atoms with Crippen LogP contribution in [0.15, 0.2) is 47.4 Å². The lowest BCUT2D eigenvalue weighted by Gasteiger charge is -2.26. The number of hydrogen-bond acceptors (Lipinski definition) is 5. The van der Waals surface area contributed by atoms with Gasteiger partial charge in [0.25, 0.3) is 5.91 Å². The molecule has 160 valence electrons. The summed E-state index contributed by atoms with van der Waals surface area (Å²) in [6.07, 6.45) is 2.72. The second-order valence-electron chi connectivity index (χ2n) is 7.03. The van der Waals surface area contributed by atoms with Crippen molar-refractivity contribution >= 4 is 39.0 Å². The molecule has 0 saturated carbocycles. The number of nitrogens with zero attached hydrogens (tertiary/aromatic N) is 1. The summed E-state index contributed by atoms with van der Waals surface area (Å²) in [5.74, 6) is -0.459. The Morgan fingerprint density at radius 2 is 1.83 bits per heavy atom. The molecule has 7 nitrogen and oxygen atoms in total. The van der Waals surface area contributed by atoms with Gasteiger partial charge in [-0.3, -0.25) is 9.59 Å². The monoisotopic (exact) mass is 450 g/mol. The number of anilines is 1. The molecule has 2 aromatic rings. The SMILES string of the molecule is CC(=O)c1cc(Cl)ccc1OCC(=O)Nc1cccc(S(=O)(=O)N2CCCCC2)c1. The largest absolute Gasteiger partial charge is 0.483 e. The summed E-state index contributed by atoms with van der Waals surface area (Å²) in [4.78, 5) is 24.1. The Morgan fingerprint density at radius 1 is 1.10 bits per heavy atom. The summed E-state index contributed by atoms with van der Waals surface area (Å²) in [7, 11) is -3.59. The Hall–Kier alpha value is -2.42. The molecule has 30 heavy (non-hydrogen) atoms. The van der Waals surface area contributed by atoms with E-state index < -0.39 is 15.9 Å². The van der Waals surface area contributed by atoms with Crippen molar-refractivity contribution in [3.63, 3.8) is 0 Å². The standard InChI is InChI=1S/C21H23ClN2O5S/c1-15(25)19-12-16(22)8-9-20(19)29-14-21(26)23-17-6-5-7-18(13-17)30(27,28)24-10-3-2-4-11-24/h5-9,12-13H,2-4,10-11,14H2,1H3,(H,23,26). The lowest BCUT2D eigenvalue weighted by Crippen LogP contribution is -2.35. The molecule has 0 spiro atoms. The summed E-state index contributed by atoms with van der Waals surface area (Å²) < 4.78 is 32.6. The van der Waals surface area contributed by atoms with E-state index in [0.29, 0.717) is 23.8 Å². The van der Waals surface area contributed by atoms with Gasteiger partial charge in [0.1, 0.15) is 5.75 Å². The highest BCUT2D eigenvalue weighted by molar-refractivity contribution is 7.89. The van der Waals surface area contributed by atoms with Gasteiger partial charge < -0.3 is 10.1 Å². The van der Waals surface area contributed by atoms with Crippen LogP contribution in [0.1, 0.15) is 36.5 Å². The van der Waals surface area contributed by atoms with Crippen LogP contribution in [-0.2, 0) is 14.8 Å². The second-order valence-corrected chi connectivity index (χ2v) is 9.40. The highest BCUT2D eigenvalue weighted by Gasteiger charge is 2.26. The molecule has 3 rings (SSSR count). The van der Waals surface area contributed by atoms with Gasteiger partial charge in [0, 0.05) is 23.8 Å². The van der Waals surface area contributed by atoms with E-state index in [0.717, 1.165) is 19.3 Å². The van der Waals surface area contributed by atoms with Crippen molar-refractivity contribution in [2.45, 2.75) is 31.1 Å². The third kappa shape index (κ3) is 5.38. The Kier molecular flexibility index (Phi) is 7.12. The van der Waals surface area contributed by atoms with Gasteiger partial charge in [-0.15, -0.1) is 0 Å². The highest BCUT2D eigenvalue weighted by Crippen LogP contribution is 2.24. The molecule has 1 heterocycles. The molecule has 0 atom stereocenters. The molecule has 0 unspecified atom stereocenters. The number of Topliss-reactive ketones (excluding diaryl/α,β-unsaturated/α-hetero) is 1. The van der Waals surface area contributed by atoms with E-state index in [1.54, 1.807) is 18.2 Å². The first kappa shape index (κ1) is 22.3. The van der Waals surface area contributed by atoms with Crippen LogP contribution in [0, 0.1) is 0 Å². The lowest BCUT2D eigenvalue weighted by atomic mass is 10.1. The Morgan fingerprint density at radius 3 is 2.53 bits per heavy atom. The molecule has 1 fully saturated rings. The van der Waals surface area contributed by atoms with E-state index in [4.69, 9.17) is 16.3 Å². The van der Waals surface area contributed by atoms with E-state index in [-0.39, 0.29) is 28.6 Å². The van der Waals surface area contributed by atoms with Crippen molar-refractivity contribution in [2.75, 3.05) is 25.0 Å². The quantitative estimate of drug-likeness (QED) is 0.649. The molecule has 1 saturated heterocycles. The fourth-order valence-electron chi connectivity index (χ4n) is 3.23. The minimum atomic E-state index is -3.59. The summed E-state index contributed by atoms with van der Waals surface area (Å²) in [5.41, 5.74) is 0.634. The van der Waals surface area contributed by atoms with E-state index >= 15 is 0 Å². The van der Waals surface area contributed by atoms with Crippen molar-refractivity contribution in [3.8, 4) is 5.75 Å². The molecule has 0 aliphatic carbocycles. The number of rotatable bonds is 7. The molecule has 9 heteroatoms. The smallest absolute Gasteiger partial charge is 0.262 e. The third-order valence-corrected chi connectivity index (χ3v) is 6.88. The summed E-state index contributed by atoms with van der Waals surface area (Å²) in [6.45, 7) is 2.05. The second kappa shape index (κ2) is 9.59. The van der Waals surface area contributed by atoms with Crippen LogP contribution in [0.5, 0.6) is 5.75 Å². The minimum Gasteiger partial charge on any atom is -0.483 e. The Balaban J connectivity index is 1.67. The zero-order valence-electron chi connectivity index (χ0n) is 16.6. The summed E-state index contributed by atoms with van der Waals surface area (Å²) in [6, 6.07) is 10.7. The predicted octanol–water partition coefficient (Wildman–Crippen LogP) is 3.73. The fourth-order valence-corrected chi connectivity index (χ4v) is 4.97. The van der Waals surface area contributed by atoms with Gasteiger partial charge in [-0.05, 0) is 56.2 Å². The fraction of sp³-hybridized carbons (Fsp3) is 0.333. The third-order valence-electron chi connectivity index (χ3n) is 4.75. The molecule has 1 amide bonds. The number of sulfonamides is 1. The Labute approximate surface area is 181 Å². The first-order valence-corrected chi connectivity index (χ1v) is 11.4. The number of benzene rings is 2. The molecule has 1 aliphatic rings. The van der Waals surface area contributed by atoms with Crippen molar-refractivity contribution in [1.29, 1.82) is 0 Å². The van der Waals surface area contributed by atoms with E-state index in [1.807, 2.05) is 0 Å². The van der Waals surface area contributed by atoms with E-state index in [2.05, 4.69) is 5.32 Å². The van der Waals surface area contributed by atoms with Crippen molar-refractivity contribution in [3.05, 3.63) is 53.1 Å². The molecule has 0 radical (unpaired) electrons. The number of carbonyl (C=O) groups excluding carboxylic acids is 2. The van der Waals surface area contributed by atoms with Gasteiger partial charge in [0.15, 0.2) is 12.4 Å². The van der Waals surface area contributed by atoms with Gasteiger partial charge in [-0.1, -0.05) is 24.1 Å². The van der Waals surface area contributed by atoms with Crippen LogP contribution in [0.2, 0.25) is 5.02 Å². The number of hydrogen-bond donors (Lipinski definition) is 1. The van der Waals surface area contributed by atoms with Crippen molar-refractivity contribution in [2.24, 2.45) is 0 Å². The number of ketones is 1. The minimum absolute atomic E-state index is 0.139. The van der Waals surface area contributed by atoms with E-state index in [1.165, 1.54) is 35.5 Å². The Bertz CT molecular complexity index is 1050. The van der Waals surface area contributed by atoms with Crippen LogP contribution >= 0.6 is 11.6 Å². The van der Waals surface area contributed by atoms with Gasteiger partial charge >= 0.3 is 0 Å². The number of carbonyl (C=O) groups is 2. The maximum absolute atomic E-state index is 12.8. The number of nitrogens with one attached hydrogen (secondary N) is 1. The average Bonchev–Trinajstić information content (AvgIpc) is 2.73. The topological polar surface area (TPSA) is 92.8 Å². The van der Waals surface area contributed by atoms with Crippen LogP contribution in [0.3, 0.4) is 0 Å². The normalized spacial score (nSPS) is 14.9. The summed E-state index contributed by atoms with van der Waals surface area (Å²) >= 11 is 5.90. The predicted molar refractivity (Wildman–Crippen MR) is 115 cm³/mol. The molecular formula is C21H23ClN2O5S. The van der Waals surface area contributed by atoms with Gasteiger partial charge in [-0.2, -0.15) is 4.31 Å². The number of amides is 1. The molecule has 1 aliphatic heterocycles. The maximum Gasteiger partial charge on any atom is 0.262 e. The van der Waals surface area contributed by atoms with Gasteiger partial charge in [0.2, 0.25) is 10.0 Å². The number of piperidine rings is 1. The molecular weight excluding hydrogens is 428 g/mol. The molecule has 0 aromatic heterocycles.